The van der Waals surface area contributed by atoms with E-state index in [1.807, 2.05) is 20.8 Å². The van der Waals surface area contributed by atoms with Crippen LogP contribution in [0.2, 0.25) is 0 Å². The molecular weight excluding hydrogens is 522 g/mol. The van der Waals surface area contributed by atoms with E-state index in [1.165, 1.54) is 12.3 Å². The molecule has 12 heteroatoms. The van der Waals surface area contributed by atoms with Gasteiger partial charge in [-0.1, -0.05) is 20.8 Å². The Kier molecular flexibility index (Phi) is 10.2. The van der Waals surface area contributed by atoms with E-state index in [9.17, 15) is 14.0 Å². The van der Waals surface area contributed by atoms with E-state index >= 15 is 4.39 Å². The Labute approximate surface area is 234 Å². The predicted octanol–water partition coefficient (Wildman–Crippen LogP) is 4.63. The molecule has 0 spiro atoms. The Morgan fingerprint density at radius 2 is 1.80 bits per heavy atom. The molecular formula is C28H40F2N6O4. The fourth-order valence-corrected chi connectivity index (χ4v) is 4.42. The topological polar surface area (TPSA) is 132 Å². The lowest BCUT2D eigenvalue weighted by Crippen LogP contribution is -2.37. The summed E-state index contributed by atoms with van der Waals surface area (Å²) in [5, 5.41) is 5.96. The minimum absolute atomic E-state index is 0.0557. The number of ether oxygens (including phenoxy) is 2. The van der Waals surface area contributed by atoms with Crippen LogP contribution in [0.5, 0.6) is 0 Å². The molecule has 0 aliphatic carbocycles. The number of nitrogens with one attached hydrogen (secondary N) is 2. The minimum atomic E-state index is -0.907. The number of pyridine rings is 2. The molecule has 1 fully saturated rings. The van der Waals surface area contributed by atoms with E-state index in [2.05, 4.69) is 20.6 Å². The third-order valence-electron chi connectivity index (χ3n) is 6.28. The van der Waals surface area contributed by atoms with Crippen LogP contribution >= 0.6 is 0 Å². The maximum Gasteiger partial charge on any atom is 0.306 e. The number of primary amides is 1. The van der Waals surface area contributed by atoms with Crippen molar-refractivity contribution in [3.63, 3.8) is 0 Å². The molecule has 10 nitrogen and oxygen atoms in total. The lowest BCUT2D eigenvalue weighted by molar-refractivity contribution is -0.156. The molecule has 0 bridgehead atoms. The summed E-state index contributed by atoms with van der Waals surface area (Å²) in [5.74, 6) is -2.62. The first-order chi connectivity index (χ1) is 18.7. The highest BCUT2D eigenvalue weighted by Gasteiger charge is 2.27. The van der Waals surface area contributed by atoms with Crippen molar-refractivity contribution < 1.29 is 27.8 Å². The molecule has 3 rings (SSSR count). The van der Waals surface area contributed by atoms with Gasteiger partial charge in [0.2, 0.25) is 0 Å². The van der Waals surface area contributed by atoms with Crippen molar-refractivity contribution in [2.24, 2.45) is 17.6 Å². The van der Waals surface area contributed by atoms with E-state index in [0.29, 0.717) is 32.7 Å². The second-order valence-corrected chi connectivity index (χ2v) is 11.5. The number of carbonyl (C=O) groups is 2. The predicted molar refractivity (Wildman–Crippen MR) is 150 cm³/mol. The van der Waals surface area contributed by atoms with Crippen LogP contribution in [0.15, 0.2) is 18.3 Å². The average Bonchev–Trinajstić information content (AvgIpc) is 2.84. The molecule has 2 aromatic rings. The van der Waals surface area contributed by atoms with Gasteiger partial charge in [-0.3, -0.25) is 9.59 Å². The summed E-state index contributed by atoms with van der Waals surface area (Å²) in [7, 11) is 0. The number of carbonyl (C=O) groups excluding carboxylic acids is 2. The van der Waals surface area contributed by atoms with Gasteiger partial charge in [-0.05, 0) is 45.1 Å². The van der Waals surface area contributed by atoms with Gasteiger partial charge in [0, 0.05) is 25.2 Å². The van der Waals surface area contributed by atoms with Crippen molar-refractivity contribution in [2.45, 2.75) is 66.0 Å². The summed E-state index contributed by atoms with van der Waals surface area (Å²) in [6, 6.07) is 1.87. The van der Waals surface area contributed by atoms with Crippen molar-refractivity contribution in [3.05, 3.63) is 35.5 Å². The van der Waals surface area contributed by atoms with Crippen LogP contribution in [0.4, 0.5) is 31.9 Å². The summed E-state index contributed by atoms with van der Waals surface area (Å²) in [6.07, 6.45) is 2.14. The van der Waals surface area contributed by atoms with Gasteiger partial charge in [-0.15, -0.1) is 0 Å². The van der Waals surface area contributed by atoms with Crippen LogP contribution in [0.3, 0.4) is 0 Å². The van der Waals surface area contributed by atoms with Crippen molar-refractivity contribution in [1.82, 2.24) is 9.97 Å². The highest BCUT2D eigenvalue weighted by atomic mass is 19.1. The van der Waals surface area contributed by atoms with Gasteiger partial charge >= 0.3 is 5.97 Å². The van der Waals surface area contributed by atoms with Gasteiger partial charge in [0.25, 0.3) is 5.91 Å². The largest absolute Gasteiger partial charge is 0.460 e. The summed E-state index contributed by atoms with van der Waals surface area (Å²) < 4.78 is 40.8. The van der Waals surface area contributed by atoms with Crippen molar-refractivity contribution in [3.8, 4) is 0 Å². The molecule has 2 aromatic heterocycles. The number of morpholine rings is 1. The number of anilines is 4. The van der Waals surface area contributed by atoms with Crippen LogP contribution in [0, 0.1) is 23.5 Å². The lowest BCUT2D eigenvalue weighted by atomic mass is 9.90. The highest BCUT2D eigenvalue weighted by Crippen LogP contribution is 2.29. The van der Waals surface area contributed by atoms with Crippen LogP contribution in [0.25, 0.3) is 0 Å². The average molecular weight is 563 g/mol. The van der Waals surface area contributed by atoms with E-state index in [1.54, 1.807) is 25.7 Å². The number of halogens is 2. The molecule has 1 aliphatic rings. The maximum atomic E-state index is 15.2. The van der Waals surface area contributed by atoms with Crippen molar-refractivity contribution >= 4 is 35.0 Å². The first kappa shape index (κ1) is 31.0. The molecule has 0 aromatic carbocycles. The Morgan fingerprint density at radius 3 is 2.38 bits per heavy atom. The molecule has 4 N–H and O–H groups in total. The summed E-state index contributed by atoms with van der Waals surface area (Å²) in [5.41, 5.74) is 4.88. The van der Waals surface area contributed by atoms with Crippen molar-refractivity contribution in [2.75, 3.05) is 41.8 Å². The standard InChI is InChI=1S/C28H40F2N6O4/c1-16(2)11-22(17(3)12-23(37)40-28(4,5)6)34-26-20(29)14-19(24(31)38)25(35-26)33-18-13-21(30)27(32-15-18)36-7-9-39-10-8-36/h13-17,22H,7-12H2,1-6H3,(H2,31,38)(H2,33,34,35)/t17-,22-/m1/s1. The van der Waals surface area contributed by atoms with Gasteiger partial charge in [-0.2, -0.15) is 0 Å². The second-order valence-electron chi connectivity index (χ2n) is 11.5. The monoisotopic (exact) mass is 562 g/mol. The molecule has 40 heavy (non-hydrogen) atoms. The summed E-state index contributed by atoms with van der Waals surface area (Å²) in [6.45, 7) is 13.3. The smallest absolute Gasteiger partial charge is 0.306 e. The Hall–Kier alpha value is -3.54. The van der Waals surface area contributed by atoms with Gasteiger partial charge in [0.15, 0.2) is 23.3 Å². The van der Waals surface area contributed by atoms with Crippen LogP contribution in [-0.4, -0.2) is 59.8 Å². The molecule has 2 atom stereocenters. The Morgan fingerprint density at radius 1 is 1.12 bits per heavy atom. The van der Waals surface area contributed by atoms with Crippen LogP contribution in [0.1, 0.15) is 64.7 Å². The van der Waals surface area contributed by atoms with Gasteiger partial charge in [-0.25, -0.2) is 18.7 Å². The molecule has 1 amide bonds. The highest BCUT2D eigenvalue weighted by molar-refractivity contribution is 5.98. The fraction of sp³-hybridized carbons (Fsp3) is 0.571. The molecule has 3 heterocycles. The number of amides is 1. The van der Waals surface area contributed by atoms with E-state index < -0.39 is 23.1 Å². The van der Waals surface area contributed by atoms with Gasteiger partial charge in [0.05, 0.1) is 37.1 Å². The van der Waals surface area contributed by atoms with E-state index in [4.69, 9.17) is 15.2 Å². The number of hydrogen-bond donors (Lipinski definition) is 3. The van der Waals surface area contributed by atoms with Crippen LogP contribution < -0.4 is 21.3 Å². The first-order valence-electron chi connectivity index (χ1n) is 13.5. The number of nitrogens with zero attached hydrogens (tertiary/aromatic N) is 3. The van der Waals surface area contributed by atoms with Gasteiger partial charge in [0.1, 0.15) is 11.4 Å². The van der Waals surface area contributed by atoms with Gasteiger partial charge < -0.3 is 30.7 Å². The molecule has 220 valence electrons. The fourth-order valence-electron chi connectivity index (χ4n) is 4.42. The Bertz CT molecular complexity index is 1200. The molecule has 1 saturated heterocycles. The normalized spacial score (nSPS) is 15.5. The van der Waals surface area contributed by atoms with Crippen LogP contribution in [-0.2, 0) is 14.3 Å². The number of nitrogens with two attached hydrogens (primary N) is 1. The second kappa shape index (κ2) is 13.2. The maximum absolute atomic E-state index is 15.2. The minimum Gasteiger partial charge on any atom is -0.460 e. The first-order valence-corrected chi connectivity index (χ1v) is 13.5. The number of hydrogen-bond acceptors (Lipinski definition) is 9. The molecule has 1 aliphatic heterocycles. The summed E-state index contributed by atoms with van der Waals surface area (Å²) in [4.78, 5) is 34.9. The third-order valence-corrected chi connectivity index (χ3v) is 6.28. The molecule has 0 saturated carbocycles. The Balaban J connectivity index is 1.86. The van der Waals surface area contributed by atoms with Crippen molar-refractivity contribution in [1.29, 1.82) is 0 Å². The SMILES string of the molecule is CC(C)C[C@@H](Nc1nc(Nc2cnc(N3CCOCC3)c(F)c2)c(C(N)=O)cc1F)[C@H](C)CC(=O)OC(C)(C)C. The molecule has 0 unspecified atom stereocenters. The zero-order valence-electron chi connectivity index (χ0n) is 24.0. The lowest BCUT2D eigenvalue weighted by Gasteiger charge is -2.28. The summed E-state index contributed by atoms with van der Waals surface area (Å²) >= 11 is 0. The number of rotatable bonds is 11. The van der Waals surface area contributed by atoms with E-state index in [0.717, 1.165) is 6.07 Å². The zero-order chi connectivity index (χ0) is 29.6. The third kappa shape index (κ3) is 8.73. The quantitative estimate of drug-likeness (QED) is 0.336. The van der Waals surface area contributed by atoms with E-state index in [-0.39, 0.29) is 59.0 Å². The number of aromatic nitrogens is 2. The number of esters is 1. The zero-order valence-corrected chi connectivity index (χ0v) is 24.0. The molecule has 0 radical (unpaired) electrons.